The van der Waals surface area contributed by atoms with Gasteiger partial charge in [-0.25, -0.2) is 4.85 Å². The Bertz CT molecular complexity index is 595. The lowest BCUT2D eigenvalue weighted by atomic mass is 10.2. The average Bonchev–Trinajstić information content (AvgIpc) is 2.69. The van der Waals surface area contributed by atoms with Crippen molar-refractivity contribution in [1.29, 1.82) is 0 Å². The highest BCUT2D eigenvalue weighted by Gasteiger charge is 2.06. The highest BCUT2D eigenvalue weighted by Crippen LogP contribution is 2.19. The number of fused-ring (bicyclic) bond motifs is 1. The number of nitrogens with zero attached hydrogens (tertiary/aromatic N) is 3. The van der Waals surface area contributed by atoms with E-state index in [1.165, 1.54) is 4.68 Å². The second-order valence-electron chi connectivity index (χ2n) is 3.49. The summed E-state index contributed by atoms with van der Waals surface area (Å²) in [6.07, 6.45) is 1.74. The predicted octanol–water partition coefficient (Wildman–Crippen LogP) is 2.15. The SMILES string of the molecule is [C-]#[N+]c1ccc2nn(CC(=O)OCC)cc2c1. The molecule has 0 spiro atoms. The van der Waals surface area contributed by atoms with Gasteiger partial charge in [-0.1, -0.05) is 6.07 Å². The zero-order valence-electron chi connectivity index (χ0n) is 9.38. The Morgan fingerprint density at radius 2 is 2.41 bits per heavy atom. The second kappa shape index (κ2) is 4.66. The van der Waals surface area contributed by atoms with E-state index >= 15 is 0 Å². The molecular weight excluding hydrogens is 218 g/mol. The molecule has 0 radical (unpaired) electrons. The molecule has 0 amide bonds. The van der Waals surface area contributed by atoms with Crippen molar-refractivity contribution in [3.8, 4) is 0 Å². The van der Waals surface area contributed by atoms with Crippen molar-refractivity contribution >= 4 is 22.6 Å². The summed E-state index contributed by atoms with van der Waals surface area (Å²) in [5, 5.41) is 5.07. The van der Waals surface area contributed by atoms with Gasteiger partial charge in [-0.3, -0.25) is 9.48 Å². The first-order valence-electron chi connectivity index (χ1n) is 5.23. The minimum absolute atomic E-state index is 0.0931. The van der Waals surface area contributed by atoms with Crippen LogP contribution in [0.25, 0.3) is 15.7 Å². The van der Waals surface area contributed by atoms with Crippen molar-refractivity contribution in [2.24, 2.45) is 0 Å². The summed E-state index contributed by atoms with van der Waals surface area (Å²) in [7, 11) is 0. The smallest absolute Gasteiger partial charge is 0.327 e. The van der Waals surface area contributed by atoms with Gasteiger partial charge in [0.15, 0.2) is 5.69 Å². The summed E-state index contributed by atoms with van der Waals surface area (Å²) in [6.45, 7) is 9.14. The largest absolute Gasteiger partial charge is 0.465 e. The van der Waals surface area contributed by atoms with Gasteiger partial charge in [0, 0.05) is 11.6 Å². The molecule has 0 saturated heterocycles. The second-order valence-corrected chi connectivity index (χ2v) is 3.49. The normalized spacial score (nSPS) is 10.1. The van der Waals surface area contributed by atoms with Crippen molar-refractivity contribution in [3.63, 3.8) is 0 Å². The molecule has 1 aromatic carbocycles. The maximum absolute atomic E-state index is 11.3. The summed E-state index contributed by atoms with van der Waals surface area (Å²) < 4.78 is 6.36. The lowest BCUT2D eigenvalue weighted by Gasteiger charge is -2.00. The van der Waals surface area contributed by atoms with Crippen LogP contribution in [0.2, 0.25) is 0 Å². The van der Waals surface area contributed by atoms with Crippen molar-refractivity contribution in [2.45, 2.75) is 13.5 Å². The fourth-order valence-electron chi connectivity index (χ4n) is 1.55. The van der Waals surface area contributed by atoms with Gasteiger partial charge < -0.3 is 4.74 Å². The van der Waals surface area contributed by atoms with E-state index < -0.39 is 0 Å². The van der Waals surface area contributed by atoms with Crippen molar-refractivity contribution < 1.29 is 9.53 Å². The number of aromatic nitrogens is 2. The molecular formula is C12H11N3O2. The molecule has 1 aromatic heterocycles. The maximum Gasteiger partial charge on any atom is 0.327 e. The van der Waals surface area contributed by atoms with Gasteiger partial charge in [-0.05, 0) is 19.1 Å². The molecule has 0 atom stereocenters. The Balaban J connectivity index is 2.26. The molecule has 1 heterocycles. The number of rotatable bonds is 3. The molecule has 0 aliphatic rings. The van der Waals surface area contributed by atoms with Crippen LogP contribution < -0.4 is 0 Å². The molecule has 0 bridgehead atoms. The van der Waals surface area contributed by atoms with Crippen LogP contribution in [0, 0.1) is 6.57 Å². The molecule has 0 N–H and O–H groups in total. The molecule has 86 valence electrons. The summed E-state index contributed by atoms with van der Waals surface area (Å²) in [4.78, 5) is 14.6. The van der Waals surface area contributed by atoms with E-state index in [-0.39, 0.29) is 12.5 Å². The number of hydrogen-bond donors (Lipinski definition) is 0. The van der Waals surface area contributed by atoms with Gasteiger partial charge >= 0.3 is 5.97 Å². The van der Waals surface area contributed by atoms with Crippen LogP contribution >= 0.6 is 0 Å². The number of ether oxygens (including phenoxy) is 1. The summed E-state index contributed by atoms with van der Waals surface area (Å²) in [5.41, 5.74) is 1.33. The molecule has 17 heavy (non-hydrogen) atoms. The van der Waals surface area contributed by atoms with Crippen LogP contribution in [0.5, 0.6) is 0 Å². The summed E-state index contributed by atoms with van der Waals surface area (Å²) in [6, 6.07) is 5.22. The van der Waals surface area contributed by atoms with Gasteiger partial charge in [0.05, 0.1) is 18.7 Å². The van der Waals surface area contributed by atoms with E-state index in [2.05, 4.69) is 9.94 Å². The Kier molecular flexibility index (Phi) is 3.06. The number of carbonyl (C=O) groups is 1. The molecule has 0 fully saturated rings. The van der Waals surface area contributed by atoms with Gasteiger partial charge in [-0.15, -0.1) is 0 Å². The third-order valence-electron chi connectivity index (χ3n) is 2.26. The Labute approximate surface area is 98.4 Å². The third-order valence-corrected chi connectivity index (χ3v) is 2.26. The number of benzene rings is 1. The zero-order valence-corrected chi connectivity index (χ0v) is 9.38. The van der Waals surface area contributed by atoms with E-state index in [0.717, 1.165) is 10.9 Å². The van der Waals surface area contributed by atoms with Crippen molar-refractivity contribution in [1.82, 2.24) is 9.78 Å². The first kappa shape index (κ1) is 11.1. The average molecular weight is 229 g/mol. The highest BCUT2D eigenvalue weighted by atomic mass is 16.5. The van der Waals surface area contributed by atoms with Crippen LogP contribution in [-0.4, -0.2) is 22.4 Å². The van der Waals surface area contributed by atoms with E-state index in [1.54, 1.807) is 31.3 Å². The third kappa shape index (κ3) is 2.42. The zero-order chi connectivity index (χ0) is 12.3. The maximum atomic E-state index is 11.3. The van der Waals surface area contributed by atoms with Gasteiger partial charge in [0.1, 0.15) is 6.54 Å². The van der Waals surface area contributed by atoms with Crippen LogP contribution in [0.1, 0.15) is 6.92 Å². The molecule has 0 aliphatic heterocycles. The molecule has 2 rings (SSSR count). The number of hydrogen-bond acceptors (Lipinski definition) is 3. The number of esters is 1. The Morgan fingerprint density at radius 3 is 3.12 bits per heavy atom. The minimum Gasteiger partial charge on any atom is -0.465 e. The fourth-order valence-corrected chi connectivity index (χ4v) is 1.55. The van der Waals surface area contributed by atoms with Crippen LogP contribution in [0.15, 0.2) is 24.4 Å². The van der Waals surface area contributed by atoms with Gasteiger partial charge in [0.25, 0.3) is 0 Å². The Morgan fingerprint density at radius 1 is 1.59 bits per heavy atom. The van der Waals surface area contributed by atoms with Crippen LogP contribution in [0.4, 0.5) is 5.69 Å². The van der Waals surface area contributed by atoms with E-state index in [9.17, 15) is 4.79 Å². The fraction of sp³-hybridized carbons (Fsp3) is 0.250. The number of carbonyl (C=O) groups excluding carboxylic acids is 1. The highest BCUT2D eigenvalue weighted by molar-refractivity contribution is 5.82. The van der Waals surface area contributed by atoms with Crippen LogP contribution in [-0.2, 0) is 16.1 Å². The van der Waals surface area contributed by atoms with E-state index in [1.807, 2.05) is 0 Å². The summed E-state index contributed by atoms with van der Waals surface area (Å²) in [5.74, 6) is -0.314. The van der Waals surface area contributed by atoms with Crippen LogP contribution in [0.3, 0.4) is 0 Å². The van der Waals surface area contributed by atoms with Gasteiger partial charge in [0.2, 0.25) is 0 Å². The molecule has 5 nitrogen and oxygen atoms in total. The molecule has 0 unspecified atom stereocenters. The minimum atomic E-state index is -0.314. The molecule has 0 aliphatic carbocycles. The topological polar surface area (TPSA) is 48.5 Å². The summed E-state index contributed by atoms with van der Waals surface area (Å²) >= 11 is 0. The standard InChI is InChI=1S/C12H11N3O2/c1-3-17-12(16)8-15-7-9-6-10(13-2)4-5-11(9)14-15/h4-7H,3,8H2,1H3. The van der Waals surface area contributed by atoms with E-state index in [4.69, 9.17) is 11.3 Å². The molecule has 5 heteroatoms. The molecule has 0 saturated carbocycles. The molecule has 2 aromatic rings. The first-order chi connectivity index (χ1) is 8.22. The van der Waals surface area contributed by atoms with E-state index in [0.29, 0.717) is 12.3 Å². The predicted molar refractivity (Wildman–Crippen MR) is 62.6 cm³/mol. The lowest BCUT2D eigenvalue weighted by molar-refractivity contribution is -0.144. The van der Waals surface area contributed by atoms with Crippen molar-refractivity contribution in [3.05, 3.63) is 35.8 Å². The lowest BCUT2D eigenvalue weighted by Crippen LogP contribution is -2.13. The van der Waals surface area contributed by atoms with Crippen molar-refractivity contribution in [2.75, 3.05) is 6.61 Å². The monoisotopic (exact) mass is 229 g/mol. The van der Waals surface area contributed by atoms with Gasteiger partial charge in [-0.2, -0.15) is 5.10 Å². The quantitative estimate of drug-likeness (QED) is 0.598. The first-order valence-corrected chi connectivity index (χ1v) is 5.23. The Hall–Kier alpha value is -2.35.